The Morgan fingerprint density at radius 3 is 2.35 bits per heavy atom. The number of carbonyl (C=O) groups is 1. The Morgan fingerprint density at radius 1 is 1.35 bits per heavy atom. The predicted octanol–water partition coefficient (Wildman–Crippen LogP) is 3.04. The molecule has 0 aromatic rings. The van der Waals surface area contributed by atoms with Crippen LogP contribution in [0, 0.1) is 11.3 Å². The van der Waals surface area contributed by atoms with Crippen LogP contribution in [0.15, 0.2) is 0 Å². The van der Waals surface area contributed by atoms with E-state index < -0.39 is 11.5 Å². The average molecular weight is 241 g/mol. The summed E-state index contributed by atoms with van der Waals surface area (Å²) in [5.74, 6) is -0.477. The molecule has 1 fully saturated rings. The van der Waals surface area contributed by atoms with Crippen LogP contribution in [0.4, 0.5) is 0 Å². The first-order valence-electron chi connectivity index (χ1n) is 6.71. The zero-order valence-electron chi connectivity index (χ0n) is 11.8. The van der Waals surface area contributed by atoms with Gasteiger partial charge in [-0.1, -0.05) is 33.6 Å². The lowest BCUT2D eigenvalue weighted by Crippen LogP contribution is -2.63. The fraction of sp³-hybridized carbons (Fsp3) is 0.929. The monoisotopic (exact) mass is 241 g/mol. The van der Waals surface area contributed by atoms with Crippen LogP contribution in [0.2, 0.25) is 0 Å². The Morgan fingerprint density at radius 2 is 1.94 bits per heavy atom. The van der Waals surface area contributed by atoms with Crippen LogP contribution in [0.25, 0.3) is 0 Å². The Bertz CT molecular complexity index is 280. The van der Waals surface area contributed by atoms with E-state index in [1.54, 1.807) is 0 Å². The van der Waals surface area contributed by atoms with Gasteiger partial charge in [-0.25, -0.2) is 0 Å². The third-order valence-electron chi connectivity index (χ3n) is 3.88. The molecular formula is C14H27NO2. The number of hydrogen-bond donors (Lipinski definition) is 2. The number of carboxylic acids is 1. The first-order valence-corrected chi connectivity index (χ1v) is 6.71. The molecule has 100 valence electrons. The summed E-state index contributed by atoms with van der Waals surface area (Å²) in [6.45, 7) is 10.5. The first-order chi connectivity index (χ1) is 7.70. The van der Waals surface area contributed by atoms with Crippen molar-refractivity contribution in [2.45, 2.75) is 71.9 Å². The van der Waals surface area contributed by atoms with E-state index >= 15 is 0 Å². The summed E-state index contributed by atoms with van der Waals surface area (Å²) < 4.78 is 0. The second-order valence-electron chi connectivity index (χ2n) is 6.74. The molecule has 1 aliphatic rings. The van der Waals surface area contributed by atoms with Gasteiger partial charge in [0.2, 0.25) is 0 Å². The topological polar surface area (TPSA) is 49.3 Å². The summed E-state index contributed by atoms with van der Waals surface area (Å²) >= 11 is 0. The number of aliphatic carboxylic acids is 1. The van der Waals surface area contributed by atoms with Crippen LogP contribution in [-0.4, -0.2) is 22.7 Å². The molecule has 17 heavy (non-hydrogen) atoms. The van der Waals surface area contributed by atoms with Gasteiger partial charge >= 0.3 is 5.97 Å². The Hall–Kier alpha value is -0.570. The summed E-state index contributed by atoms with van der Waals surface area (Å²) in [6.07, 6.45) is 3.92. The fourth-order valence-corrected chi connectivity index (χ4v) is 3.35. The lowest BCUT2D eigenvalue weighted by atomic mass is 9.62. The molecule has 3 nitrogen and oxygen atoms in total. The van der Waals surface area contributed by atoms with E-state index in [1.807, 2.05) is 13.8 Å². The van der Waals surface area contributed by atoms with Crippen LogP contribution < -0.4 is 5.32 Å². The van der Waals surface area contributed by atoms with Crippen LogP contribution in [0.1, 0.15) is 60.3 Å². The van der Waals surface area contributed by atoms with Gasteiger partial charge in [0.05, 0.1) is 0 Å². The van der Waals surface area contributed by atoms with Crippen molar-refractivity contribution in [2.75, 3.05) is 0 Å². The molecule has 2 N–H and O–H groups in total. The smallest absolute Gasteiger partial charge is 0.324 e. The SMILES string of the molecule is CC(C)NC1(C(=O)O)CCCCC1C(C)(C)C. The van der Waals surface area contributed by atoms with Gasteiger partial charge in [-0.2, -0.15) is 0 Å². The standard InChI is InChI=1S/C14H27NO2/c1-10(2)15-14(12(16)17)9-7-6-8-11(14)13(3,4)5/h10-11,15H,6-9H2,1-5H3,(H,16,17). The molecule has 0 heterocycles. The van der Waals surface area contributed by atoms with Crippen molar-refractivity contribution in [3.63, 3.8) is 0 Å². The maximum absolute atomic E-state index is 11.8. The van der Waals surface area contributed by atoms with Crippen LogP contribution in [0.3, 0.4) is 0 Å². The quantitative estimate of drug-likeness (QED) is 0.798. The van der Waals surface area contributed by atoms with Crippen molar-refractivity contribution in [1.29, 1.82) is 0 Å². The molecule has 0 radical (unpaired) electrons. The Kier molecular flexibility index (Phi) is 4.23. The minimum atomic E-state index is -0.731. The zero-order valence-corrected chi connectivity index (χ0v) is 11.8. The highest BCUT2D eigenvalue weighted by atomic mass is 16.4. The highest BCUT2D eigenvalue weighted by molar-refractivity contribution is 5.79. The highest BCUT2D eigenvalue weighted by Crippen LogP contribution is 2.44. The molecule has 0 aliphatic heterocycles. The van der Waals surface area contributed by atoms with Gasteiger partial charge in [-0.15, -0.1) is 0 Å². The first kappa shape index (κ1) is 14.5. The van der Waals surface area contributed by atoms with Gasteiger partial charge in [0.25, 0.3) is 0 Å². The molecule has 1 saturated carbocycles. The van der Waals surface area contributed by atoms with E-state index in [-0.39, 0.29) is 17.4 Å². The molecule has 0 saturated heterocycles. The van der Waals surface area contributed by atoms with Gasteiger partial charge in [0, 0.05) is 6.04 Å². The second kappa shape index (κ2) is 4.97. The molecule has 1 rings (SSSR count). The normalized spacial score (nSPS) is 30.6. The lowest BCUT2D eigenvalue weighted by Gasteiger charge is -2.48. The molecule has 3 heteroatoms. The predicted molar refractivity (Wildman–Crippen MR) is 70.1 cm³/mol. The highest BCUT2D eigenvalue weighted by Gasteiger charge is 2.51. The Balaban J connectivity index is 3.09. The number of carboxylic acid groups (broad SMARTS) is 1. The van der Waals surface area contributed by atoms with Crippen molar-refractivity contribution in [3.05, 3.63) is 0 Å². The zero-order chi connectivity index (χ0) is 13.3. The van der Waals surface area contributed by atoms with Crippen molar-refractivity contribution in [3.8, 4) is 0 Å². The molecule has 2 atom stereocenters. The van der Waals surface area contributed by atoms with Gasteiger partial charge < -0.3 is 5.11 Å². The van der Waals surface area contributed by atoms with E-state index in [4.69, 9.17) is 0 Å². The minimum absolute atomic E-state index is 0.0285. The van der Waals surface area contributed by atoms with Gasteiger partial charge in [0.15, 0.2) is 0 Å². The van der Waals surface area contributed by atoms with Gasteiger partial charge in [-0.3, -0.25) is 10.1 Å². The Labute approximate surface area is 105 Å². The van der Waals surface area contributed by atoms with E-state index in [0.717, 1.165) is 25.7 Å². The summed E-state index contributed by atoms with van der Waals surface area (Å²) in [7, 11) is 0. The van der Waals surface area contributed by atoms with Gasteiger partial charge in [0.1, 0.15) is 5.54 Å². The summed E-state index contributed by atoms with van der Waals surface area (Å²) in [5, 5.41) is 13.1. The molecule has 0 aromatic carbocycles. The third kappa shape index (κ3) is 3.01. The maximum atomic E-state index is 11.8. The van der Waals surface area contributed by atoms with Crippen molar-refractivity contribution < 1.29 is 9.90 Å². The molecule has 0 bridgehead atoms. The van der Waals surface area contributed by atoms with E-state index in [9.17, 15) is 9.90 Å². The summed E-state index contributed by atoms with van der Waals surface area (Å²) in [6, 6.07) is 0.203. The van der Waals surface area contributed by atoms with E-state index in [0.29, 0.717) is 0 Å². The molecule has 0 amide bonds. The van der Waals surface area contributed by atoms with E-state index in [2.05, 4.69) is 26.1 Å². The second-order valence-corrected chi connectivity index (χ2v) is 6.74. The average Bonchev–Trinajstić information content (AvgIpc) is 2.15. The van der Waals surface area contributed by atoms with Gasteiger partial charge in [-0.05, 0) is 38.0 Å². The maximum Gasteiger partial charge on any atom is 0.324 e. The summed E-state index contributed by atoms with van der Waals surface area (Å²) in [4.78, 5) is 11.8. The van der Waals surface area contributed by atoms with Crippen LogP contribution in [0.5, 0.6) is 0 Å². The molecular weight excluding hydrogens is 214 g/mol. The molecule has 2 unspecified atom stereocenters. The molecule has 0 aromatic heterocycles. The van der Waals surface area contributed by atoms with Crippen molar-refractivity contribution >= 4 is 5.97 Å². The lowest BCUT2D eigenvalue weighted by molar-refractivity contribution is -0.153. The number of nitrogens with one attached hydrogen (secondary N) is 1. The number of hydrogen-bond acceptors (Lipinski definition) is 2. The summed E-state index contributed by atoms with van der Waals surface area (Å²) in [5.41, 5.74) is -0.703. The largest absolute Gasteiger partial charge is 0.480 e. The third-order valence-corrected chi connectivity index (χ3v) is 3.88. The van der Waals surface area contributed by atoms with Crippen molar-refractivity contribution in [2.24, 2.45) is 11.3 Å². The van der Waals surface area contributed by atoms with Crippen molar-refractivity contribution in [1.82, 2.24) is 5.32 Å². The number of rotatable bonds is 3. The fourth-order valence-electron chi connectivity index (χ4n) is 3.35. The molecule has 0 spiro atoms. The minimum Gasteiger partial charge on any atom is -0.480 e. The molecule has 1 aliphatic carbocycles. The van der Waals surface area contributed by atoms with E-state index in [1.165, 1.54) is 0 Å². The van der Waals surface area contributed by atoms with Crippen LogP contribution >= 0.6 is 0 Å². The van der Waals surface area contributed by atoms with Crippen LogP contribution in [-0.2, 0) is 4.79 Å².